The van der Waals surface area contributed by atoms with Gasteiger partial charge in [-0.05, 0) is 51.0 Å². The van der Waals surface area contributed by atoms with Gasteiger partial charge in [-0.3, -0.25) is 15.1 Å². The third kappa shape index (κ3) is 4.33. The maximum absolute atomic E-state index is 11.3. The molecule has 0 atom stereocenters. The Kier molecular flexibility index (Phi) is 5.41. The first-order valence-electron chi connectivity index (χ1n) is 8.70. The number of aromatic nitrogens is 2. The van der Waals surface area contributed by atoms with Crippen molar-refractivity contribution in [1.82, 2.24) is 9.97 Å². The molecule has 0 unspecified atom stereocenters. The first kappa shape index (κ1) is 17.8. The highest BCUT2D eigenvalue weighted by Gasteiger charge is 2.23. The molecular formula is C20H22N4O2. The van der Waals surface area contributed by atoms with Crippen molar-refractivity contribution in [3.8, 4) is 0 Å². The van der Waals surface area contributed by atoms with Crippen molar-refractivity contribution >= 4 is 17.6 Å². The molecular weight excluding hydrogens is 328 g/mol. The maximum Gasteiger partial charge on any atom is 0.311 e. The van der Waals surface area contributed by atoms with Crippen LogP contribution in [0.2, 0.25) is 0 Å². The zero-order valence-electron chi connectivity index (χ0n) is 15.1. The molecule has 6 heteroatoms. The molecule has 0 N–H and O–H groups in total. The molecule has 134 valence electrons. The van der Waals surface area contributed by atoms with Gasteiger partial charge in [0.2, 0.25) is 5.82 Å². The number of nitrogens with zero attached hydrogens (tertiary/aromatic N) is 4. The minimum atomic E-state index is -0.356. The van der Waals surface area contributed by atoms with Crippen LogP contribution >= 0.6 is 0 Å². The fourth-order valence-corrected chi connectivity index (χ4v) is 3.02. The Balaban J connectivity index is 1.66. The lowest BCUT2D eigenvalue weighted by atomic mass is 10.0. The second-order valence-electron chi connectivity index (χ2n) is 6.43. The van der Waals surface area contributed by atoms with Crippen molar-refractivity contribution in [2.45, 2.75) is 26.7 Å². The van der Waals surface area contributed by atoms with E-state index in [0.29, 0.717) is 5.82 Å². The molecule has 26 heavy (non-hydrogen) atoms. The van der Waals surface area contributed by atoms with Crippen LogP contribution in [0.3, 0.4) is 0 Å². The molecule has 3 heterocycles. The summed E-state index contributed by atoms with van der Waals surface area (Å²) < 4.78 is 0. The van der Waals surface area contributed by atoms with Crippen LogP contribution < -0.4 is 4.90 Å². The smallest absolute Gasteiger partial charge is 0.311 e. The predicted octanol–water partition coefficient (Wildman–Crippen LogP) is 4.24. The Bertz CT molecular complexity index is 864. The van der Waals surface area contributed by atoms with E-state index in [9.17, 15) is 10.1 Å². The van der Waals surface area contributed by atoms with Crippen LogP contribution in [-0.4, -0.2) is 28.0 Å². The lowest BCUT2D eigenvalue weighted by Gasteiger charge is -2.29. The number of rotatable bonds is 4. The van der Waals surface area contributed by atoms with E-state index in [-0.39, 0.29) is 10.6 Å². The minimum absolute atomic E-state index is 0.0773. The number of nitro groups is 1. The van der Waals surface area contributed by atoms with Gasteiger partial charge in [-0.25, -0.2) is 4.98 Å². The fraction of sp³-hybridized carbons (Fsp3) is 0.300. The molecule has 1 fully saturated rings. The zero-order chi connectivity index (χ0) is 18.5. The van der Waals surface area contributed by atoms with Gasteiger partial charge in [-0.15, -0.1) is 0 Å². The van der Waals surface area contributed by atoms with Crippen LogP contribution in [0.4, 0.5) is 11.5 Å². The molecule has 3 rings (SSSR count). The average Bonchev–Trinajstić information content (AvgIpc) is 2.62. The molecule has 0 aliphatic carbocycles. The zero-order valence-corrected chi connectivity index (χ0v) is 15.1. The molecule has 1 aliphatic heterocycles. The number of anilines is 1. The van der Waals surface area contributed by atoms with Crippen molar-refractivity contribution in [1.29, 1.82) is 0 Å². The maximum atomic E-state index is 11.3. The highest BCUT2D eigenvalue weighted by atomic mass is 16.6. The number of hydrogen-bond donors (Lipinski definition) is 0. The van der Waals surface area contributed by atoms with Crippen LogP contribution in [-0.2, 0) is 0 Å². The molecule has 2 aromatic rings. The summed E-state index contributed by atoms with van der Waals surface area (Å²) in [6, 6.07) is 9.17. The van der Waals surface area contributed by atoms with E-state index >= 15 is 0 Å². The summed E-state index contributed by atoms with van der Waals surface area (Å²) in [6.07, 6.45) is 7.90. The summed E-state index contributed by atoms with van der Waals surface area (Å²) in [5.74, 6) is 0.480. The van der Waals surface area contributed by atoms with E-state index < -0.39 is 0 Å². The van der Waals surface area contributed by atoms with Gasteiger partial charge in [-0.1, -0.05) is 23.8 Å². The van der Waals surface area contributed by atoms with Crippen molar-refractivity contribution in [2.75, 3.05) is 18.0 Å². The molecule has 0 saturated carbocycles. The summed E-state index contributed by atoms with van der Waals surface area (Å²) in [7, 11) is 0. The predicted molar refractivity (Wildman–Crippen MR) is 103 cm³/mol. The summed E-state index contributed by atoms with van der Waals surface area (Å²) in [5.41, 5.74) is 4.15. The molecule has 1 aliphatic rings. The van der Waals surface area contributed by atoms with E-state index in [1.807, 2.05) is 49.1 Å². The molecule has 0 radical (unpaired) electrons. The third-order valence-corrected chi connectivity index (χ3v) is 4.40. The van der Waals surface area contributed by atoms with Gasteiger partial charge in [0.25, 0.3) is 0 Å². The van der Waals surface area contributed by atoms with E-state index in [1.54, 1.807) is 12.1 Å². The van der Waals surface area contributed by atoms with Crippen molar-refractivity contribution in [3.05, 3.63) is 75.3 Å². The monoisotopic (exact) mass is 350 g/mol. The largest absolute Gasteiger partial charge is 0.350 e. The van der Waals surface area contributed by atoms with Crippen LogP contribution in [0.5, 0.6) is 0 Å². The Morgan fingerprint density at radius 3 is 2.50 bits per heavy atom. The van der Waals surface area contributed by atoms with Gasteiger partial charge in [0.15, 0.2) is 0 Å². The molecule has 1 saturated heterocycles. The number of piperidine rings is 1. The summed E-state index contributed by atoms with van der Waals surface area (Å²) in [4.78, 5) is 21.7. The van der Waals surface area contributed by atoms with E-state index in [1.165, 1.54) is 5.57 Å². The van der Waals surface area contributed by atoms with Crippen LogP contribution in [0, 0.1) is 24.0 Å². The van der Waals surface area contributed by atoms with Crippen molar-refractivity contribution in [2.24, 2.45) is 0 Å². The van der Waals surface area contributed by atoms with Gasteiger partial charge in [-0.2, -0.15) is 0 Å². The Hall–Kier alpha value is -3.02. The van der Waals surface area contributed by atoms with E-state index in [0.717, 1.165) is 43.0 Å². The Morgan fingerprint density at radius 2 is 1.81 bits per heavy atom. The second-order valence-corrected chi connectivity index (χ2v) is 6.43. The number of aryl methyl sites for hydroxylation is 2. The third-order valence-electron chi connectivity index (χ3n) is 4.40. The van der Waals surface area contributed by atoms with Crippen molar-refractivity contribution in [3.63, 3.8) is 0 Å². The van der Waals surface area contributed by atoms with Gasteiger partial charge in [0.1, 0.15) is 0 Å². The number of pyridine rings is 2. The Labute approximate surface area is 153 Å². The summed E-state index contributed by atoms with van der Waals surface area (Å²) in [5, 5.41) is 11.3. The number of allylic oxidation sites excluding steroid dienone is 2. The lowest BCUT2D eigenvalue weighted by molar-refractivity contribution is -0.384. The summed E-state index contributed by atoms with van der Waals surface area (Å²) >= 11 is 0. The molecule has 2 aromatic heterocycles. The SMILES string of the molecule is Cc1cccc(/C=C/C=C2CCN(c3nc(C)ccc3[N+](=O)[O-])CC2)n1. The highest BCUT2D eigenvalue weighted by molar-refractivity contribution is 5.58. The molecule has 0 amide bonds. The van der Waals surface area contributed by atoms with Gasteiger partial charge >= 0.3 is 5.69 Å². The van der Waals surface area contributed by atoms with Crippen molar-refractivity contribution < 1.29 is 4.92 Å². The molecule has 6 nitrogen and oxygen atoms in total. The topological polar surface area (TPSA) is 72.2 Å². The van der Waals surface area contributed by atoms with Crippen LogP contribution in [0.25, 0.3) is 6.08 Å². The molecule has 0 spiro atoms. The molecule has 0 aromatic carbocycles. The van der Waals surface area contributed by atoms with Crippen LogP contribution in [0.1, 0.15) is 29.9 Å². The first-order chi connectivity index (χ1) is 12.5. The van der Waals surface area contributed by atoms with E-state index in [4.69, 9.17) is 0 Å². The fourth-order valence-electron chi connectivity index (χ4n) is 3.02. The van der Waals surface area contributed by atoms with Crippen LogP contribution in [0.15, 0.2) is 48.1 Å². The molecule has 0 bridgehead atoms. The summed E-state index contributed by atoms with van der Waals surface area (Å²) in [6.45, 7) is 5.30. The minimum Gasteiger partial charge on any atom is -0.350 e. The Morgan fingerprint density at radius 1 is 1.08 bits per heavy atom. The normalized spacial score (nSPS) is 14.7. The number of hydrogen-bond acceptors (Lipinski definition) is 5. The lowest BCUT2D eigenvalue weighted by Crippen LogP contribution is -2.32. The highest BCUT2D eigenvalue weighted by Crippen LogP contribution is 2.29. The second kappa shape index (κ2) is 7.91. The van der Waals surface area contributed by atoms with Gasteiger partial charge < -0.3 is 4.90 Å². The quantitative estimate of drug-likeness (QED) is 0.609. The standard InChI is InChI=1S/C20H22N4O2/c1-15-5-3-7-18(21-15)8-4-6-17-11-13-23(14-12-17)20-19(24(25)26)10-9-16(2)22-20/h3-10H,11-14H2,1-2H3/b8-4+. The van der Waals surface area contributed by atoms with E-state index in [2.05, 4.69) is 16.0 Å². The average molecular weight is 350 g/mol. The van der Waals surface area contributed by atoms with Gasteiger partial charge in [0, 0.05) is 30.5 Å². The first-order valence-corrected chi connectivity index (χ1v) is 8.70. The van der Waals surface area contributed by atoms with Gasteiger partial charge in [0.05, 0.1) is 10.6 Å².